The molecule has 8 heteroatoms. The summed E-state index contributed by atoms with van der Waals surface area (Å²) in [5.74, 6) is -0.226. The number of carbonyl (C=O) groups excluding carboxylic acids is 2. The van der Waals surface area contributed by atoms with Crippen LogP contribution in [0, 0.1) is 5.92 Å². The zero-order chi connectivity index (χ0) is 17.8. The molecule has 0 unspecified atom stereocenters. The third-order valence-corrected chi connectivity index (χ3v) is 4.04. The van der Waals surface area contributed by atoms with E-state index in [0.29, 0.717) is 25.4 Å². The molecule has 25 heavy (non-hydrogen) atoms. The molecule has 3 heterocycles. The number of hydrogen-bond donors (Lipinski definition) is 2. The highest BCUT2D eigenvalue weighted by atomic mass is 16.2. The number of rotatable bonds is 6. The summed E-state index contributed by atoms with van der Waals surface area (Å²) in [6.07, 6.45) is 3.18. The van der Waals surface area contributed by atoms with E-state index in [1.807, 2.05) is 18.2 Å². The Balaban J connectivity index is 1.63. The Morgan fingerprint density at radius 1 is 1.44 bits per heavy atom. The number of carbonyl (C=O) groups is 2. The Morgan fingerprint density at radius 3 is 3.00 bits per heavy atom. The van der Waals surface area contributed by atoms with E-state index in [1.54, 1.807) is 6.20 Å². The van der Waals surface area contributed by atoms with Crippen molar-refractivity contribution in [3.05, 3.63) is 41.5 Å². The van der Waals surface area contributed by atoms with Crippen LogP contribution in [0.4, 0.5) is 0 Å². The van der Waals surface area contributed by atoms with Crippen LogP contribution in [0.25, 0.3) is 0 Å². The second-order valence-electron chi connectivity index (χ2n) is 6.60. The second-order valence-corrected chi connectivity index (χ2v) is 6.60. The first-order chi connectivity index (χ1) is 12.0. The van der Waals surface area contributed by atoms with Crippen molar-refractivity contribution in [3.63, 3.8) is 0 Å². The average Bonchev–Trinajstić information content (AvgIpc) is 2.99. The molecule has 132 valence electrons. The lowest BCUT2D eigenvalue weighted by atomic mass is 10.0. The zero-order valence-electron chi connectivity index (χ0n) is 14.4. The predicted octanol–water partition coefficient (Wildman–Crippen LogP) is 0.804. The van der Waals surface area contributed by atoms with Gasteiger partial charge in [0.15, 0.2) is 11.4 Å². The molecule has 3 rings (SSSR count). The number of fused-ring (bicyclic) bond motifs is 1. The van der Waals surface area contributed by atoms with Gasteiger partial charge in [-0.3, -0.25) is 14.6 Å². The summed E-state index contributed by atoms with van der Waals surface area (Å²) in [4.78, 5) is 28.9. The van der Waals surface area contributed by atoms with E-state index in [1.165, 1.54) is 4.68 Å². The third-order valence-electron chi connectivity index (χ3n) is 4.04. The predicted molar refractivity (Wildman–Crippen MR) is 91.0 cm³/mol. The largest absolute Gasteiger partial charge is 0.350 e. The van der Waals surface area contributed by atoms with Gasteiger partial charge in [0.25, 0.3) is 11.8 Å². The first kappa shape index (κ1) is 17.1. The Kier molecular flexibility index (Phi) is 5.06. The van der Waals surface area contributed by atoms with Crippen molar-refractivity contribution in [1.29, 1.82) is 0 Å². The van der Waals surface area contributed by atoms with Crippen molar-refractivity contribution >= 4 is 11.8 Å². The van der Waals surface area contributed by atoms with Gasteiger partial charge in [-0.25, -0.2) is 4.68 Å². The standard InChI is InChI=1S/C17H22N6O2/c1-11(2)9-13-10-23-15(17(25)20-13)14(21-22-23)16(24)19-8-6-12-5-3-4-7-18-12/h3-5,7,11,13H,6,8-10H2,1-2H3,(H,19,24)(H,20,25)/t13-/m0/s1. The van der Waals surface area contributed by atoms with Gasteiger partial charge in [0.05, 0.1) is 6.54 Å². The Labute approximate surface area is 146 Å². The van der Waals surface area contributed by atoms with E-state index in [2.05, 4.69) is 39.8 Å². The second kappa shape index (κ2) is 7.42. The Hall–Kier alpha value is -2.77. The van der Waals surface area contributed by atoms with E-state index in [4.69, 9.17) is 0 Å². The maximum atomic E-state index is 12.4. The smallest absolute Gasteiger partial charge is 0.274 e. The normalized spacial score (nSPS) is 16.4. The van der Waals surface area contributed by atoms with Gasteiger partial charge in [-0.1, -0.05) is 25.1 Å². The number of nitrogens with one attached hydrogen (secondary N) is 2. The Bertz CT molecular complexity index is 756. The topological polar surface area (TPSA) is 102 Å². The van der Waals surface area contributed by atoms with Gasteiger partial charge >= 0.3 is 0 Å². The number of aromatic nitrogens is 4. The molecular formula is C17H22N6O2. The van der Waals surface area contributed by atoms with Crippen LogP contribution in [0.5, 0.6) is 0 Å². The van der Waals surface area contributed by atoms with Crippen LogP contribution in [0.3, 0.4) is 0 Å². The lowest BCUT2D eigenvalue weighted by molar-refractivity contribution is 0.0870. The van der Waals surface area contributed by atoms with E-state index in [0.717, 1.165) is 12.1 Å². The van der Waals surface area contributed by atoms with E-state index in [-0.39, 0.29) is 23.3 Å². The number of hydrogen-bond acceptors (Lipinski definition) is 5. The molecule has 0 radical (unpaired) electrons. The average molecular weight is 342 g/mol. The maximum absolute atomic E-state index is 12.4. The molecule has 0 saturated carbocycles. The first-order valence-electron chi connectivity index (χ1n) is 8.47. The van der Waals surface area contributed by atoms with E-state index in [9.17, 15) is 9.59 Å². The van der Waals surface area contributed by atoms with Crippen LogP contribution < -0.4 is 10.6 Å². The summed E-state index contributed by atoms with van der Waals surface area (Å²) in [7, 11) is 0. The number of amides is 2. The van der Waals surface area contributed by atoms with Gasteiger partial charge < -0.3 is 10.6 Å². The fourth-order valence-corrected chi connectivity index (χ4v) is 2.96. The minimum atomic E-state index is -0.394. The van der Waals surface area contributed by atoms with Crippen LogP contribution in [-0.2, 0) is 13.0 Å². The van der Waals surface area contributed by atoms with Gasteiger partial charge in [0.2, 0.25) is 0 Å². The van der Waals surface area contributed by atoms with Crippen molar-refractivity contribution in [2.45, 2.75) is 39.3 Å². The highest BCUT2D eigenvalue weighted by Crippen LogP contribution is 2.16. The number of pyridine rings is 1. The molecule has 0 aromatic carbocycles. The molecule has 2 aromatic rings. The molecule has 0 fully saturated rings. The van der Waals surface area contributed by atoms with Crippen LogP contribution in [0.15, 0.2) is 24.4 Å². The zero-order valence-corrected chi connectivity index (χ0v) is 14.4. The molecule has 0 bridgehead atoms. The molecule has 1 atom stereocenters. The molecule has 1 aliphatic rings. The summed E-state index contributed by atoms with van der Waals surface area (Å²) in [5, 5.41) is 13.6. The SMILES string of the molecule is CC(C)C[C@H]1Cn2nnc(C(=O)NCCc3ccccn3)c2C(=O)N1. The maximum Gasteiger partial charge on any atom is 0.274 e. The molecule has 2 amide bonds. The van der Waals surface area contributed by atoms with Crippen molar-refractivity contribution < 1.29 is 9.59 Å². The van der Waals surface area contributed by atoms with Gasteiger partial charge in [0, 0.05) is 30.9 Å². The number of nitrogens with zero attached hydrogens (tertiary/aromatic N) is 4. The molecule has 1 aliphatic heterocycles. The van der Waals surface area contributed by atoms with Gasteiger partial charge in [-0.2, -0.15) is 0 Å². The van der Waals surface area contributed by atoms with Gasteiger partial charge in [-0.05, 0) is 24.5 Å². The van der Waals surface area contributed by atoms with Gasteiger partial charge in [-0.15, -0.1) is 5.10 Å². The van der Waals surface area contributed by atoms with Gasteiger partial charge in [0.1, 0.15) is 0 Å². The summed E-state index contributed by atoms with van der Waals surface area (Å²) in [6, 6.07) is 5.66. The highest BCUT2D eigenvalue weighted by Gasteiger charge is 2.32. The van der Waals surface area contributed by atoms with Crippen molar-refractivity contribution in [1.82, 2.24) is 30.6 Å². The summed E-state index contributed by atoms with van der Waals surface area (Å²) < 4.78 is 1.53. The van der Waals surface area contributed by atoms with E-state index < -0.39 is 5.91 Å². The summed E-state index contributed by atoms with van der Waals surface area (Å²) >= 11 is 0. The fourth-order valence-electron chi connectivity index (χ4n) is 2.96. The molecule has 0 saturated heterocycles. The molecule has 2 aromatic heterocycles. The fraction of sp³-hybridized carbons (Fsp3) is 0.471. The van der Waals surface area contributed by atoms with Crippen molar-refractivity contribution in [3.8, 4) is 0 Å². The van der Waals surface area contributed by atoms with Crippen LogP contribution >= 0.6 is 0 Å². The minimum absolute atomic E-state index is 0.0155. The third kappa shape index (κ3) is 4.01. The molecule has 0 spiro atoms. The van der Waals surface area contributed by atoms with Crippen LogP contribution in [0.1, 0.15) is 46.9 Å². The molecular weight excluding hydrogens is 320 g/mol. The highest BCUT2D eigenvalue weighted by molar-refractivity contribution is 6.05. The first-order valence-corrected chi connectivity index (χ1v) is 8.47. The Morgan fingerprint density at radius 2 is 2.28 bits per heavy atom. The molecule has 2 N–H and O–H groups in total. The van der Waals surface area contributed by atoms with Crippen LogP contribution in [-0.4, -0.2) is 44.4 Å². The quantitative estimate of drug-likeness (QED) is 0.809. The summed E-state index contributed by atoms with van der Waals surface area (Å²) in [6.45, 7) is 5.15. The minimum Gasteiger partial charge on any atom is -0.350 e. The monoisotopic (exact) mass is 342 g/mol. The lowest BCUT2D eigenvalue weighted by Crippen LogP contribution is -2.46. The molecule has 8 nitrogen and oxygen atoms in total. The van der Waals surface area contributed by atoms with Crippen molar-refractivity contribution in [2.24, 2.45) is 5.92 Å². The molecule has 0 aliphatic carbocycles. The lowest BCUT2D eigenvalue weighted by Gasteiger charge is -2.25. The summed E-state index contributed by atoms with van der Waals surface area (Å²) in [5.41, 5.74) is 1.19. The van der Waals surface area contributed by atoms with Crippen molar-refractivity contribution in [2.75, 3.05) is 6.54 Å². The van der Waals surface area contributed by atoms with Crippen LogP contribution in [0.2, 0.25) is 0 Å². The van der Waals surface area contributed by atoms with E-state index >= 15 is 0 Å².